The zero-order chi connectivity index (χ0) is 23.8. The summed E-state index contributed by atoms with van der Waals surface area (Å²) >= 11 is 5.99. The first-order chi connectivity index (χ1) is 15.8. The fourth-order valence-electron chi connectivity index (χ4n) is 3.97. The van der Waals surface area contributed by atoms with Crippen LogP contribution in [-0.4, -0.2) is 51.7 Å². The summed E-state index contributed by atoms with van der Waals surface area (Å²) in [6.45, 7) is 6.54. The molecule has 0 saturated carbocycles. The molecule has 1 amide bonds. The van der Waals surface area contributed by atoms with E-state index in [0.717, 1.165) is 6.07 Å². The van der Waals surface area contributed by atoms with Gasteiger partial charge in [0.2, 0.25) is 5.28 Å². The molecule has 1 aromatic carbocycles. The van der Waals surface area contributed by atoms with Gasteiger partial charge in [0.1, 0.15) is 11.3 Å². The van der Waals surface area contributed by atoms with Crippen molar-refractivity contribution in [3.63, 3.8) is 0 Å². The Morgan fingerprint density at radius 2 is 2.03 bits per heavy atom. The van der Waals surface area contributed by atoms with Crippen LogP contribution in [0, 0.1) is 11.2 Å². The van der Waals surface area contributed by atoms with Crippen LogP contribution in [0.1, 0.15) is 41.8 Å². The summed E-state index contributed by atoms with van der Waals surface area (Å²) in [6.07, 6.45) is -1.36. The highest BCUT2D eigenvalue weighted by atomic mass is 35.5. The number of fused-ring (bicyclic) bond motifs is 1. The maximum Gasteiger partial charge on any atom is 0.266 e. The molecule has 2 aliphatic heterocycles. The van der Waals surface area contributed by atoms with Gasteiger partial charge in [-0.15, -0.1) is 5.10 Å². The molecule has 0 aliphatic carbocycles. The molecule has 4 heterocycles. The number of hydrogen-bond acceptors (Lipinski definition) is 5. The second kappa shape index (κ2) is 9.18. The van der Waals surface area contributed by atoms with Crippen molar-refractivity contribution in [2.45, 2.75) is 26.8 Å². The molecule has 33 heavy (non-hydrogen) atoms. The molecule has 2 fully saturated rings. The summed E-state index contributed by atoms with van der Waals surface area (Å²) in [4.78, 5) is 18.6. The molecule has 11 heteroatoms. The van der Waals surface area contributed by atoms with Gasteiger partial charge in [-0.3, -0.25) is 4.79 Å². The predicted octanol–water partition coefficient (Wildman–Crippen LogP) is 4.57. The minimum Gasteiger partial charge on any atom is -0.380 e. The van der Waals surface area contributed by atoms with Crippen molar-refractivity contribution >= 4 is 28.8 Å². The van der Waals surface area contributed by atoms with Crippen LogP contribution in [0.3, 0.4) is 0 Å². The van der Waals surface area contributed by atoms with Crippen LogP contribution < -0.4 is 5.32 Å². The lowest BCUT2D eigenvalue weighted by Gasteiger charge is -2.54. The molecular weight excluding hydrogens is 459 g/mol. The molecule has 0 atom stereocenters. The van der Waals surface area contributed by atoms with E-state index in [0.29, 0.717) is 37.4 Å². The summed E-state index contributed by atoms with van der Waals surface area (Å²) in [5.41, 5.74) is 0.370. The smallest absolute Gasteiger partial charge is 0.266 e. The third-order valence-corrected chi connectivity index (χ3v) is 5.79. The van der Waals surface area contributed by atoms with Crippen molar-refractivity contribution in [3.05, 3.63) is 58.3 Å². The Kier molecular flexibility index (Phi) is 6.49. The van der Waals surface area contributed by atoms with Crippen LogP contribution >= 0.6 is 11.6 Å². The van der Waals surface area contributed by atoms with E-state index < -0.39 is 17.8 Å². The van der Waals surface area contributed by atoms with Gasteiger partial charge >= 0.3 is 0 Å². The Morgan fingerprint density at radius 3 is 2.67 bits per heavy atom. The van der Waals surface area contributed by atoms with E-state index in [1.54, 1.807) is 17.2 Å². The number of nitrogens with zero attached hydrogens (tertiary/aromatic N) is 4. The topological polar surface area (TPSA) is 71.8 Å². The highest BCUT2D eigenvalue weighted by molar-refractivity contribution is 6.28. The standard InChI is InChI=1S/C20H17ClF3N5O2.C2H6/c21-19-26-17(25-5-11-2-1-3-13(15(11)22)16(23)24)14-4-12(6-29(14)27-19)18(30)28-7-20(8-28)9-31-10-20;1-2/h1-4,6,16H,5,7-10H2,(H,25,26,27);1-2H3. The van der Waals surface area contributed by atoms with E-state index >= 15 is 0 Å². The zero-order valence-electron chi connectivity index (χ0n) is 18.1. The van der Waals surface area contributed by atoms with E-state index in [2.05, 4.69) is 15.4 Å². The molecule has 2 aliphatic rings. The first-order valence-electron chi connectivity index (χ1n) is 10.6. The highest BCUT2D eigenvalue weighted by Gasteiger charge is 2.50. The number of carbonyl (C=O) groups excluding carboxylic acids is 1. The van der Waals surface area contributed by atoms with E-state index in [-0.39, 0.29) is 34.5 Å². The number of alkyl halides is 2. The van der Waals surface area contributed by atoms with Crippen molar-refractivity contribution in [1.82, 2.24) is 19.5 Å². The number of ether oxygens (including phenoxy) is 1. The normalized spacial score (nSPS) is 16.3. The second-order valence-corrected chi connectivity index (χ2v) is 8.25. The number of nitrogens with one attached hydrogen (secondary N) is 1. The van der Waals surface area contributed by atoms with E-state index in [1.807, 2.05) is 13.8 Å². The predicted molar refractivity (Wildman–Crippen MR) is 117 cm³/mol. The number of rotatable bonds is 5. The summed E-state index contributed by atoms with van der Waals surface area (Å²) in [5, 5.41) is 6.90. The lowest BCUT2D eigenvalue weighted by Crippen LogP contribution is -2.67. The minimum absolute atomic E-state index is 0.0575. The molecule has 2 saturated heterocycles. The van der Waals surface area contributed by atoms with Crippen LogP contribution in [0.25, 0.3) is 5.52 Å². The average molecular weight is 482 g/mol. The van der Waals surface area contributed by atoms with Gasteiger partial charge in [-0.2, -0.15) is 4.98 Å². The summed E-state index contributed by atoms with van der Waals surface area (Å²) in [5.74, 6) is -0.853. The number of halogens is 4. The van der Waals surface area contributed by atoms with Crippen molar-refractivity contribution in [3.8, 4) is 0 Å². The van der Waals surface area contributed by atoms with Gasteiger partial charge in [0, 0.05) is 31.4 Å². The van der Waals surface area contributed by atoms with Gasteiger partial charge in [0.05, 0.1) is 29.8 Å². The molecule has 5 rings (SSSR count). The lowest BCUT2D eigenvalue weighted by atomic mass is 9.78. The molecular formula is C22H23ClF3N5O2. The molecule has 176 valence electrons. The third-order valence-electron chi connectivity index (χ3n) is 5.63. The molecule has 1 spiro atoms. The van der Waals surface area contributed by atoms with E-state index in [1.165, 1.54) is 16.6 Å². The van der Waals surface area contributed by atoms with Gasteiger partial charge in [-0.1, -0.05) is 32.0 Å². The van der Waals surface area contributed by atoms with Gasteiger partial charge in [-0.25, -0.2) is 17.7 Å². The number of anilines is 1. The molecule has 7 nitrogen and oxygen atoms in total. The van der Waals surface area contributed by atoms with Gasteiger partial charge < -0.3 is 15.0 Å². The van der Waals surface area contributed by atoms with Crippen molar-refractivity contribution < 1.29 is 22.7 Å². The maximum atomic E-state index is 14.3. The Hall–Kier alpha value is -2.85. The molecule has 2 aromatic heterocycles. The number of benzene rings is 1. The zero-order valence-corrected chi connectivity index (χ0v) is 18.9. The maximum absolute atomic E-state index is 14.3. The number of hydrogen-bond donors (Lipinski definition) is 1. The Balaban J connectivity index is 0.00000126. The number of aromatic nitrogens is 3. The van der Waals surface area contributed by atoms with Gasteiger partial charge in [0.25, 0.3) is 12.3 Å². The molecule has 1 N–H and O–H groups in total. The Labute approximate surface area is 193 Å². The van der Waals surface area contributed by atoms with Crippen molar-refractivity contribution in [2.24, 2.45) is 5.41 Å². The quantitative estimate of drug-likeness (QED) is 0.578. The van der Waals surface area contributed by atoms with E-state index in [9.17, 15) is 18.0 Å². The van der Waals surface area contributed by atoms with Crippen molar-refractivity contribution in [1.29, 1.82) is 0 Å². The summed E-state index contributed by atoms with van der Waals surface area (Å²) in [6, 6.07) is 5.44. The Bertz CT molecular complexity index is 1170. The van der Waals surface area contributed by atoms with Crippen LogP contribution in [0.2, 0.25) is 5.28 Å². The van der Waals surface area contributed by atoms with Crippen molar-refractivity contribution in [2.75, 3.05) is 31.6 Å². The van der Waals surface area contributed by atoms with Crippen LogP contribution in [-0.2, 0) is 11.3 Å². The minimum atomic E-state index is -2.91. The summed E-state index contributed by atoms with van der Waals surface area (Å²) < 4.78 is 46.8. The monoisotopic (exact) mass is 481 g/mol. The largest absolute Gasteiger partial charge is 0.380 e. The fourth-order valence-corrected chi connectivity index (χ4v) is 4.13. The second-order valence-electron chi connectivity index (χ2n) is 7.92. The molecule has 3 aromatic rings. The molecule has 0 unspecified atom stereocenters. The van der Waals surface area contributed by atoms with Crippen LogP contribution in [0.4, 0.5) is 19.0 Å². The highest BCUT2D eigenvalue weighted by Crippen LogP contribution is 2.38. The van der Waals surface area contributed by atoms with Gasteiger partial charge in [0.15, 0.2) is 5.82 Å². The molecule has 0 radical (unpaired) electrons. The average Bonchev–Trinajstić information content (AvgIpc) is 3.16. The first-order valence-corrected chi connectivity index (χ1v) is 11.0. The van der Waals surface area contributed by atoms with E-state index in [4.69, 9.17) is 16.3 Å². The lowest BCUT2D eigenvalue weighted by molar-refractivity contribution is -0.176. The molecule has 0 bridgehead atoms. The number of carbonyl (C=O) groups is 1. The SMILES string of the molecule is CC.O=C(c1cc2c(NCc3cccc(C(F)F)c3F)nc(Cl)nn2c1)N1CC2(COC2)C1. The van der Waals surface area contributed by atoms with Gasteiger partial charge in [-0.05, 0) is 17.7 Å². The fraction of sp³-hybridized carbons (Fsp3) is 0.409. The first kappa shape index (κ1) is 23.3. The van der Waals surface area contributed by atoms with Crippen LogP contribution in [0.5, 0.6) is 0 Å². The number of amides is 1. The Morgan fingerprint density at radius 1 is 1.30 bits per heavy atom. The number of likely N-dealkylation sites (tertiary alicyclic amines) is 1. The summed E-state index contributed by atoms with van der Waals surface area (Å²) in [7, 11) is 0. The third kappa shape index (κ3) is 4.37. The van der Waals surface area contributed by atoms with Crippen LogP contribution in [0.15, 0.2) is 30.5 Å².